The molecule has 0 amide bonds. The third-order valence-electron chi connectivity index (χ3n) is 16.7. The molecule has 8 bridgehead atoms. The van der Waals surface area contributed by atoms with Crippen LogP contribution in [0, 0.1) is 0 Å². The zero-order valence-electron chi connectivity index (χ0n) is 44.0. The highest BCUT2D eigenvalue weighted by Crippen LogP contribution is 2.40. The van der Waals surface area contributed by atoms with E-state index in [2.05, 4.69) is 28.9 Å². The summed E-state index contributed by atoms with van der Waals surface area (Å²) >= 11 is 0. The van der Waals surface area contributed by atoms with Gasteiger partial charge in [0.2, 0.25) is 40.1 Å². The summed E-state index contributed by atoms with van der Waals surface area (Å²) in [4.78, 5) is 36.9. The summed E-state index contributed by atoms with van der Waals surface area (Å²) < 4.78 is 125. The van der Waals surface area contributed by atoms with Gasteiger partial charge in [0.05, 0.1) is 19.6 Å². The largest absolute Gasteiger partial charge is 0.324 e. The van der Waals surface area contributed by atoms with Gasteiger partial charge in [0.25, 0.3) is 0 Å². The normalized spacial score (nSPS) is 18.4. The monoisotopic (exact) mass is 1160 g/mol. The van der Waals surface area contributed by atoms with Crippen molar-refractivity contribution in [2.45, 2.75) is 172 Å². The molecular weight excluding hydrogens is 1100 g/mol. The van der Waals surface area contributed by atoms with Crippen LogP contribution in [0.25, 0.3) is 89.7 Å². The second kappa shape index (κ2) is 21.0. The van der Waals surface area contributed by atoms with Crippen LogP contribution < -0.4 is 18.9 Å². The van der Waals surface area contributed by atoms with Crippen LogP contribution in [0.3, 0.4) is 0 Å². The number of aromatic nitrogens is 8. The van der Waals surface area contributed by atoms with Crippen molar-refractivity contribution >= 4 is 84.2 Å². The number of H-pyrrole nitrogens is 2. The van der Waals surface area contributed by atoms with E-state index in [4.69, 9.17) is 29.9 Å². The molecule has 4 aliphatic carbocycles. The predicted octanol–water partition coefficient (Wildman–Crippen LogP) is 9.31. The second-order valence-electron chi connectivity index (χ2n) is 22.3. The zero-order valence-corrected chi connectivity index (χ0v) is 47.2. The Morgan fingerprint density at radius 2 is 0.562 bits per heavy atom. The lowest BCUT2D eigenvalue weighted by atomic mass is 9.96. The molecule has 4 fully saturated rings. The van der Waals surface area contributed by atoms with E-state index in [0.29, 0.717) is 43.8 Å². The number of nitrogens with one attached hydrogen (secondary N) is 6. The summed E-state index contributed by atoms with van der Waals surface area (Å²) in [6, 6.07) is 17.8. The molecule has 4 aromatic carbocycles. The first-order valence-corrected chi connectivity index (χ1v) is 34.0. The minimum atomic E-state index is -4.04. The van der Waals surface area contributed by atoms with Gasteiger partial charge >= 0.3 is 0 Å². The first-order valence-electron chi connectivity index (χ1n) is 28.0. The van der Waals surface area contributed by atoms with Gasteiger partial charge < -0.3 is 9.97 Å². The number of nitrogens with zero attached hydrogens (tertiary/aromatic N) is 6. The minimum absolute atomic E-state index is 0.000273. The molecule has 4 saturated carbocycles. The number of rotatable bonds is 12. The molecule has 0 spiro atoms. The van der Waals surface area contributed by atoms with E-state index < -0.39 is 40.1 Å². The van der Waals surface area contributed by atoms with Crippen LogP contribution in [-0.4, -0.2) is 97.7 Å². The highest BCUT2D eigenvalue weighted by Gasteiger charge is 2.31. The number of benzene rings is 4. The molecule has 13 rings (SSSR count). The molecule has 6 N–H and O–H groups in total. The van der Waals surface area contributed by atoms with E-state index in [0.717, 1.165) is 128 Å². The smallest absolute Gasteiger partial charge is 0.240 e. The van der Waals surface area contributed by atoms with E-state index >= 15 is 0 Å². The van der Waals surface area contributed by atoms with E-state index in [1.165, 1.54) is 48.5 Å². The maximum atomic E-state index is 14.2. The maximum absolute atomic E-state index is 14.2. The van der Waals surface area contributed by atoms with Crippen LogP contribution in [-0.2, 0) is 40.1 Å². The van der Waals surface area contributed by atoms with Crippen molar-refractivity contribution in [1.29, 1.82) is 0 Å². The molecule has 0 atom stereocenters. The van der Waals surface area contributed by atoms with Gasteiger partial charge in [0.1, 0.15) is 22.6 Å². The van der Waals surface area contributed by atoms with Gasteiger partial charge in [-0.3, -0.25) is 0 Å². The molecule has 80 heavy (non-hydrogen) atoms. The molecule has 6 aliphatic rings. The van der Waals surface area contributed by atoms with Crippen LogP contribution in [0.1, 0.15) is 128 Å². The lowest BCUT2D eigenvalue weighted by molar-refractivity contribution is 0.412. The molecule has 24 heteroatoms. The Balaban J connectivity index is 1.06. The highest BCUT2D eigenvalue weighted by molar-refractivity contribution is 7.90. The molecule has 7 aromatic rings. The fourth-order valence-electron chi connectivity index (χ4n) is 12.4. The van der Waals surface area contributed by atoms with E-state index in [-0.39, 0.29) is 89.6 Å². The molecule has 0 saturated heterocycles. The van der Waals surface area contributed by atoms with E-state index in [1.807, 2.05) is 0 Å². The lowest BCUT2D eigenvalue weighted by Gasteiger charge is -2.22. The first kappa shape index (κ1) is 53.2. The van der Waals surface area contributed by atoms with Crippen LogP contribution >= 0.6 is 0 Å². The van der Waals surface area contributed by atoms with Crippen molar-refractivity contribution in [3.05, 3.63) is 72.8 Å². The Morgan fingerprint density at radius 3 is 0.875 bits per heavy atom. The summed E-state index contributed by atoms with van der Waals surface area (Å²) in [5, 5.41) is 1.66. The van der Waals surface area contributed by atoms with Crippen molar-refractivity contribution in [2.75, 3.05) is 0 Å². The first-order chi connectivity index (χ1) is 38.5. The number of hydrogen-bond acceptors (Lipinski definition) is 14. The average Bonchev–Trinajstić information content (AvgIpc) is 4.33. The Bertz CT molecular complexity index is 4280. The van der Waals surface area contributed by atoms with Gasteiger partial charge in [-0.15, -0.1) is 0 Å². The Morgan fingerprint density at radius 1 is 0.300 bits per heavy atom. The van der Waals surface area contributed by atoms with Crippen LogP contribution in [0.2, 0.25) is 0 Å². The predicted molar refractivity (Wildman–Crippen MR) is 305 cm³/mol. The molecule has 0 unspecified atom stereocenters. The van der Waals surface area contributed by atoms with Crippen molar-refractivity contribution < 1.29 is 33.7 Å². The van der Waals surface area contributed by atoms with Crippen molar-refractivity contribution in [3.63, 3.8) is 0 Å². The topological polar surface area (TPSA) is 294 Å². The molecule has 2 aliphatic heterocycles. The molecule has 20 nitrogen and oxygen atoms in total. The Hall–Kier alpha value is -6.12. The molecule has 418 valence electrons. The zero-order chi connectivity index (χ0) is 55.0. The van der Waals surface area contributed by atoms with Gasteiger partial charge in [-0.05, 0) is 124 Å². The summed E-state index contributed by atoms with van der Waals surface area (Å²) in [5.74, 6) is 0.421. The summed E-state index contributed by atoms with van der Waals surface area (Å²) in [6.07, 6.45) is 17.4. The van der Waals surface area contributed by atoms with Crippen molar-refractivity contribution in [3.8, 4) is 45.6 Å². The van der Waals surface area contributed by atoms with Crippen molar-refractivity contribution in [1.82, 2.24) is 58.8 Å². The fourth-order valence-corrected chi connectivity index (χ4v) is 17.7. The lowest BCUT2D eigenvalue weighted by Crippen LogP contribution is -2.36. The molecular formula is C56H62N12O8S4. The number of aromatic amines is 2. The van der Waals surface area contributed by atoms with Crippen LogP contribution in [0.5, 0.6) is 0 Å². The summed E-state index contributed by atoms with van der Waals surface area (Å²) in [7, 11) is -16.1. The van der Waals surface area contributed by atoms with E-state index in [1.54, 1.807) is 24.3 Å². The van der Waals surface area contributed by atoms with E-state index in [9.17, 15) is 33.7 Å². The van der Waals surface area contributed by atoms with Gasteiger partial charge in [-0.2, -0.15) is 0 Å². The van der Waals surface area contributed by atoms with Crippen LogP contribution in [0.15, 0.2) is 92.4 Å². The molecule has 0 radical (unpaired) electrons. The number of fused-ring (bicyclic) bond motifs is 20. The third kappa shape index (κ3) is 10.5. The van der Waals surface area contributed by atoms with Gasteiger partial charge in [-0.25, -0.2) is 82.5 Å². The summed E-state index contributed by atoms with van der Waals surface area (Å²) in [6.45, 7) is 0. The number of hydrogen-bond donors (Lipinski definition) is 6. The van der Waals surface area contributed by atoms with Crippen molar-refractivity contribution in [2.24, 2.45) is 0 Å². The highest BCUT2D eigenvalue weighted by atomic mass is 32.2. The van der Waals surface area contributed by atoms with Gasteiger partial charge in [-0.1, -0.05) is 77.0 Å². The minimum Gasteiger partial charge on any atom is -0.324 e. The molecule has 5 heterocycles. The number of sulfonamides is 4. The van der Waals surface area contributed by atoms with Crippen LogP contribution in [0.4, 0.5) is 0 Å². The Labute approximate surface area is 464 Å². The van der Waals surface area contributed by atoms with Gasteiger partial charge in [0, 0.05) is 68.0 Å². The SMILES string of the molecule is O=S(=O)(NC1CCCCC1)c1ccc2c(c1)-c1nc-2nc2[nH]c(nc3nc(nc4[nH]c(n1)c1ccc(S(=O)(=O)NC5CCCCC5)cc41)-c1ccc(S(=O)(=O)NC4CCCCC4)cc1-3)c1cc(S(=O)(=O)NC3CCCCC3)ccc21. The quantitative estimate of drug-likeness (QED) is 0.0664. The maximum Gasteiger partial charge on any atom is 0.240 e. The fraction of sp³-hybridized carbons (Fsp3) is 0.429. The standard InChI is InChI=1S/C56H62N12O8S4/c69-77(70,65-33-13-5-1-6-14-33)37-21-25-41-45(29-37)53-58-49(41)57-50-42-26-22-39(79(73,74)67-35-17-9-3-10-18-35)31-47(42)55(59-50)64-56-48-32-40(80(75,76)68-36-19-11-4-12-20-36)24-28-44(48)52(63-56)62-54-46-30-38(23-27-43(46)51(60-53)61-54)78(71,72)66-34-15-7-2-8-16-34/h21-36,65-68H,1-20H2,(H2,57,58,59,60,61,62,63,64). The Kier molecular flexibility index (Phi) is 14.0. The molecule has 3 aromatic heterocycles. The summed E-state index contributed by atoms with van der Waals surface area (Å²) in [5.41, 5.74) is 2.32. The third-order valence-corrected chi connectivity index (χ3v) is 22.7. The second-order valence-corrected chi connectivity index (χ2v) is 29.1. The van der Waals surface area contributed by atoms with Gasteiger partial charge in [0.15, 0.2) is 23.3 Å². The average molecular weight is 1160 g/mol.